The number of aryl methyl sites for hydroxylation is 1. The lowest BCUT2D eigenvalue weighted by molar-refractivity contribution is 0.201. The van der Waals surface area contributed by atoms with Crippen molar-refractivity contribution in [2.24, 2.45) is 0 Å². The van der Waals surface area contributed by atoms with Crippen molar-refractivity contribution in [2.75, 3.05) is 5.32 Å². The van der Waals surface area contributed by atoms with Crippen molar-refractivity contribution in [1.29, 1.82) is 0 Å². The lowest BCUT2D eigenvalue weighted by atomic mass is 10.1. The molecule has 0 bridgehead atoms. The second kappa shape index (κ2) is 9.10. The molecule has 2 heterocycles. The molecule has 31 heavy (non-hydrogen) atoms. The van der Waals surface area contributed by atoms with Crippen molar-refractivity contribution in [3.63, 3.8) is 0 Å². The van der Waals surface area contributed by atoms with Crippen LogP contribution in [0.3, 0.4) is 0 Å². The molecule has 2 aromatic carbocycles. The lowest BCUT2D eigenvalue weighted by Gasteiger charge is -2.22. The number of furan rings is 1. The van der Waals surface area contributed by atoms with Crippen LogP contribution >= 0.6 is 11.6 Å². The number of urea groups is 1. The summed E-state index contributed by atoms with van der Waals surface area (Å²) in [5.41, 5.74) is 2.84. The number of rotatable bonds is 6. The number of aromatic nitrogens is 1. The van der Waals surface area contributed by atoms with Gasteiger partial charge in [0.25, 0.3) is 5.56 Å². The minimum Gasteiger partial charge on any atom is -0.467 e. The Morgan fingerprint density at radius 3 is 2.61 bits per heavy atom. The number of nitrogens with one attached hydrogen (secondary N) is 2. The van der Waals surface area contributed by atoms with E-state index in [0.29, 0.717) is 22.0 Å². The van der Waals surface area contributed by atoms with Crippen LogP contribution in [0.4, 0.5) is 10.5 Å². The maximum absolute atomic E-state index is 13.0. The highest BCUT2D eigenvalue weighted by Gasteiger charge is 2.18. The van der Waals surface area contributed by atoms with Crippen LogP contribution in [-0.2, 0) is 19.5 Å². The van der Waals surface area contributed by atoms with Gasteiger partial charge < -0.3 is 19.6 Å². The number of halogens is 1. The maximum atomic E-state index is 13.0. The van der Waals surface area contributed by atoms with Crippen molar-refractivity contribution in [2.45, 2.75) is 26.4 Å². The second-order valence-electron chi connectivity index (χ2n) is 7.27. The van der Waals surface area contributed by atoms with Gasteiger partial charge in [0.1, 0.15) is 5.76 Å². The molecule has 0 aliphatic rings. The van der Waals surface area contributed by atoms with Gasteiger partial charge in [-0.05, 0) is 72.0 Å². The van der Waals surface area contributed by atoms with Crippen molar-refractivity contribution in [3.8, 4) is 0 Å². The third-order valence-electron chi connectivity index (χ3n) is 5.06. The van der Waals surface area contributed by atoms with Gasteiger partial charge >= 0.3 is 6.03 Å². The third kappa shape index (κ3) is 4.98. The molecule has 0 aliphatic heterocycles. The van der Waals surface area contributed by atoms with E-state index in [1.165, 1.54) is 10.5 Å². The predicted molar refractivity (Wildman–Crippen MR) is 122 cm³/mol. The van der Waals surface area contributed by atoms with E-state index < -0.39 is 0 Å². The van der Waals surface area contributed by atoms with E-state index in [1.54, 1.807) is 42.7 Å². The van der Waals surface area contributed by atoms with Gasteiger partial charge in [0.15, 0.2) is 0 Å². The smallest absolute Gasteiger partial charge is 0.322 e. The van der Waals surface area contributed by atoms with Crippen LogP contribution in [0.25, 0.3) is 10.9 Å². The first-order valence-corrected chi connectivity index (χ1v) is 10.4. The highest BCUT2D eigenvalue weighted by atomic mass is 35.5. The summed E-state index contributed by atoms with van der Waals surface area (Å²) in [5.74, 6) is 0.622. The van der Waals surface area contributed by atoms with Gasteiger partial charge in [-0.25, -0.2) is 4.79 Å². The van der Waals surface area contributed by atoms with Gasteiger partial charge in [-0.1, -0.05) is 24.6 Å². The first-order chi connectivity index (χ1) is 15.0. The fourth-order valence-electron chi connectivity index (χ4n) is 3.37. The zero-order valence-electron chi connectivity index (χ0n) is 17.0. The van der Waals surface area contributed by atoms with Gasteiger partial charge in [-0.3, -0.25) is 4.79 Å². The number of aromatic amines is 1. The predicted octanol–water partition coefficient (Wildman–Crippen LogP) is 5.57. The molecule has 6 nitrogen and oxygen atoms in total. The average molecular weight is 436 g/mol. The second-order valence-corrected chi connectivity index (χ2v) is 7.71. The first kappa shape index (κ1) is 20.8. The zero-order chi connectivity index (χ0) is 21.8. The monoisotopic (exact) mass is 435 g/mol. The molecule has 2 aromatic heterocycles. The van der Waals surface area contributed by atoms with E-state index in [0.717, 1.165) is 17.3 Å². The molecule has 158 valence electrons. The molecule has 0 aliphatic carbocycles. The summed E-state index contributed by atoms with van der Waals surface area (Å²) in [6, 6.07) is 17.9. The molecule has 0 atom stereocenters. The van der Waals surface area contributed by atoms with Gasteiger partial charge in [-0.2, -0.15) is 0 Å². The average Bonchev–Trinajstić information content (AvgIpc) is 3.28. The van der Waals surface area contributed by atoms with Crippen LogP contribution in [0.1, 0.15) is 23.8 Å². The number of amides is 2. The van der Waals surface area contributed by atoms with E-state index in [-0.39, 0.29) is 24.7 Å². The normalized spacial score (nSPS) is 10.9. The maximum Gasteiger partial charge on any atom is 0.322 e. The summed E-state index contributed by atoms with van der Waals surface area (Å²) in [6.45, 7) is 2.43. The number of H-pyrrole nitrogens is 1. The molecule has 0 saturated carbocycles. The Morgan fingerprint density at radius 2 is 1.90 bits per heavy atom. The Hall–Kier alpha value is -3.51. The summed E-state index contributed by atoms with van der Waals surface area (Å²) in [6.07, 6.45) is 2.46. The topological polar surface area (TPSA) is 78.3 Å². The van der Waals surface area contributed by atoms with Crippen molar-refractivity contribution in [1.82, 2.24) is 9.88 Å². The molecule has 2 amide bonds. The summed E-state index contributed by atoms with van der Waals surface area (Å²) < 4.78 is 5.42. The van der Waals surface area contributed by atoms with Crippen LogP contribution in [0, 0.1) is 0 Å². The van der Waals surface area contributed by atoms with E-state index in [4.69, 9.17) is 16.0 Å². The van der Waals surface area contributed by atoms with Crippen molar-refractivity contribution in [3.05, 3.63) is 99.2 Å². The largest absolute Gasteiger partial charge is 0.467 e. The number of fused-ring (bicyclic) bond motifs is 1. The summed E-state index contributed by atoms with van der Waals surface area (Å²) in [4.78, 5) is 30.2. The summed E-state index contributed by atoms with van der Waals surface area (Å²) in [5, 5.41) is 4.37. The van der Waals surface area contributed by atoms with Crippen LogP contribution in [-0.4, -0.2) is 15.9 Å². The molecule has 0 unspecified atom stereocenters. The first-order valence-electron chi connectivity index (χ1n) is 10.0. The molecule has 4 rings (SSSR count). The van der Waals surface area contributed by atoms with E-state index >= 15 is 0 Å². The number of hydrogen-bond donors (Lipinski definition) is 2. The van der Waals surface area contributed by atoms with Crippen molar-refractivity contribution >= 4 is 34.2 Å². The number of anilines is 1. The number of pyridine rings is 1. The van der Waals surface area contributed by atoms with Gasteiger partial charge in [0.05, 0.1) is 19.4 Å². The minimum atomic E-state index is -0.347. The van der Waals surface area contributed by atoms with E-state index in [9.17, 15) is 9.59 Å². The van der Waals surface area contributed by atoms with Gasteiger partial charge in [0.2, 0.25) is 0 Å². The highest BCUT2D eigenvalue weighted by Crippen LogP contribution is 2.18. The quantitative estimate of drug-likeness (QED) is 0.415. The number of carbonyl (C=O) groups is 1. The fraction of sp³-hybridized carbons (Fsp3) is 0.167. The number of benzene rings is 2. The standard InChI is InChI=1S/C24H22ClN3O3/c1-2-16-5-10-22-17(12-16)13-18(23(29)27-22)14-28(15-21-4-3-11-31-21)24(30)26-20-8-6-19(25)7-9-20/h3-13H,2,14-15H2,1H3,(H,26,30)(H,27,29). The van der Waals surface area contributed by atoms with Gasteiger partial charge in [-0.15, -0.1) is 0 Å². The van der Waals surface area contributed by atoms with Crippen LogP contribution in [0.2, 0.25) is 5.02 Å². The summed E-state index contributed by atoms with van der Waals surface area (Å²) in [7, 11) is 0. The molecule has 2 N–H and O–H groups in total. The van der Waals surface area contributed by atoms with Crippen molar-refractivity contribution < 1.29 is 9.21 Å². The number of nitrogens with zero attached hydrogens (tertiary/aromatic N) is 1. The number of carbonyl (C=O) groups excluding carboxylic acids is 1. The molecule has 0 saturated heterocycles. The highest BCUT2D eigenvalue weighted by molar-refractivity contribution is 6.30. The molecular weight excluding hydrogens is 414 g/mol. The fourth-order valence-corrected chi connectivity index (χ4v) is 3.50. The molecular formula is C24H22ClN3O3. The third-order valence-corrected chi connectivity index (χ3v) is 5.32. The summed E-state index contributed by atoms with van der Waals surface area (Å²) >= 11 is 5.93. The molecule has 0 fully saturated rings. The Balaban J connectivity index is 1.63. The number of hydrogen-bond acceptors (Lipinski definition) is 3. The van der Waals surface area contributed by atoms with Gasteiger partial charge in [0, 0.05) is 21.8 Å². The minimum absolute atomic E-state index is 0.127. The van der Waals surface area contributed by atoms with E-state index in [2.05, 4.69) is 23.3 Å². The zero-order valence-corrected chi connectivity index (χ0v) is 17.8. The Kier molecular flexibility index (Phi) is 6.09. The van der Waals surface area contributed by atoms with Crippen LogP contribution in [0.15, 0.2) is 76.1 Å². The van der Waals surface area contributed by atoms with Crippen LogP contribution < -0.4 is 10.9 Å². The molecule has 0 spiro atoms. The molecule has 7 heteroatoms. The molecule has 0 radical (unpaired) electrons. The Bertz CT molecular complexity index is 1250. The van der Waals surface area contributed by atoms with E-state index in [1.807, 2.05) is 18.2 Å². The molecule has 4 aromatic rings. The Morgan fingerprint density at radius 1 is 1.10 bits per heavy atom. The van der Waals surface area contributed by atoms with Crippen LogP contribution in [0.5, 0.6) is 0 Å². The lowest BCUT2D eigenvalue weighted by Crippen LogP contribution is -2.35. The SMILES string of the molecule is CCc1ccc2[nH]c(=O)c(CN(Cc3ccco3)C(=O)Nc3ccc(Cl)cc3)cc2c1. The Labute approximate surface area is 184 Å².